The summed E-state index contributed by atoms with van der Waals surface area (Å²) in [7, 11) is 0. The fourth-order valence-corrected chi connectivity index (χ4v) is 3.81. The van der Waals surface area contributed by atoms with Gasteiger partial charge >= 0.3 is 0 Å². The molecule has 0 aromatic heterocycles. The van der Waals surface area contributed by atoms with Crippen LogP contribution in [0.15, 0.2) is 46.9 Å². The highest BCUT2D eigenvalue weighted by Gasteiger charge is 2.28. The van der Waals surface area contributed by atoms with Gasteiger partial charge in [0, 0.05) is 34.7 Å². The van der Waals surface area contributed by atoms with Gasteiger partial charge in [-0.1, -0.05) is 41.1 Å². The number of rotatable bonds is 4. The summed E-state index contributed by atoms with van der Waals surface area (Å²) in [6.45, 7) is 5.34. The number of aryl methyl sites for hydroxylation is 2. The zero-order valence-corrected chi connectivity index (χ0v) is 17.4. The quantitative estimate of drug-likeness (QED) is 0.759. The maximum absolute atomic E-state index is 12.8. The summed E-state index contributed by atoms with van der Waals surface area (Å²) in [5.41, 5.74) is 3.88. The van der Waals surface area contributed by atoms with E-state index in [0.717, 1.165) is 27.7 Å². The van der Waals surface area contributed by atoms with E-state index >= 15 is 0 Å². The second kappa shape index (κ2) is 8.70. The molecule has 27 heavy (non-hydrogen) atoms. The van der Waals surface area contributed by atoms with Crippen molar-refractivity contribution in [2.24, 2.45) is 5.92 Å². The van der Waals surface area contributed by atoms with Crippen LogP contribution >= 0.6 is 15.9 Å². The van der Waals surface area contributed by atoms with E-state index in [-0.39, 0.29) is 17.7 Å². The molecular weight excluding hydrogens is 404 g/mol. The number of piperidine rings is 1. The van der Waals surface area contributed by atoms with Gasteiger partial charge in [-0.15, -0.1) is 0 Å². The Morgan fingerprint density at radius 1 is 1.11 bits per heavy atom. The Kier molecular flexibility index (Phi) is 6.32. The second-order valence-electron chi connectivity index (χ2n) is 7.03. The molecule has 1 aliphatic heterocycles. The molecule has 0 atom stereocenters. The van der Waals surface area contributed by atoms with Gasteiger partial charge in [0.15, 0.2) is 0 Å². The molecule has 1 aliphatic rings. The zero-order valence-electron chi connectivity index (χ0n) is 15.8. The summed E-state index contributed by atoms with van der Waals surface area (Å²) in [5.74, 6) is 0.0477. The minimum Gasteiger partial charge on any atom is -0.339 e. The molecule has 3 rings (SSSR count). The summed E-state index contributed by atoms with van der Waals surface area (Å²) in [4.78, 5) is 27.2. The lowest BCUT2D eigenvalue weighted by Crippen LogP contribution is -2.41. The van der Waals surface area contributed by atoms with Crippen LogP contribution in [0, 0.1) is 12.8 Å². The molecule has 2 amide bonds. The molecule has 142 valence electrons. The van der Waals surface area contributed by atoms with Crippen LogP contribution in [0.25, 0.3) is 0 Å². The summed E-state index contributed by atoms with van der Waals surface area (Å²) < 4.78 is 0.956. The molecule has 0 unspecified atom stereocenters. The predicted octanol–water partition coefficient (Wildman–Crippen LogP) is 4.81. The van der Waals surface area contributed by atoms with Gasteiger partial charge in [0.1, 0.15) is 0 Å². The smallest absolute Gasteiger partial charge is 0.253 e. The van der Waals surface area contributed by atoms with Crippen LogP contribution in [-0.2, 0) is 11.2 Å². The topological polar surface area (TPSA) is 49.4 Å². The Morgan fingerprint density at radius 3 is 2.41 bits per heavy atom. The Labute approximate surface area is 169 Å². The number of nitrogens with one attached hydrogen (secondary N) is 1. The van der Waals surface area contributed by atoms with Crippen molar-refractivity contribution in [3.05, 3.63) is 63.6 Å². The lowest BCUT2D eigenvalue weighted by Gasteiger charge is -2.31. The van der Waals surface area contributed by atoms with Crippen LogP contribution in [0.5, 0.6) is 0 Å². The third kappa shape index (κ3) is 4.59. The number of carbonyl (C=O) groups is 2. The molecule has 2 aromatic carbocycles. The van der Waals surface area contributed by atoms with E-state index in [0.29, 0.717) is 31.5 Å². The van der Waals surface area contributed by atoms with E-state index in [1.807, 2.05) is 48.2 Å². The van der Waals surface area contributed by atoms with Crippen LogP contribution in [0.4, 0.5) is 5.69 Å². The van der Waals surface area contributed by atoms with Gasteiger partial charge in [-0.2, -0.15) is 0 Å². The lowest BCUT2D eigenvalue weighted by molar-refractivity contribution is -0.121. The number of para-hydroxylation sites is 1. The highest BCUT2D eigenvalue weighted by molar-refractivity contribution is 9.10. The van der Waals surface area contributed by atoms with E-state index < -0.39 is 0 Å². The molecule has 1 heterocycles. The molecule has 4 nitrogen and oxygen atoms in total. The molecule has 1 N–H and O–H groups in total. The molecule has 1 saturated heterocycles. The van der Waals surface area contributed by atoms with Crippen molar-refractivity contribution >= 4 is 33.4 Å². The fraction of sp³-hybridized carbons (Fsp3) is 0.364. The number of amides is 2. The van der Waals surface area contributed by atoms with Gasteiger partial charge in [0.05, 0.1) is 0 Å². The van der Waals surface area contributed by atoms with Gasteiger partial charge < -0.3 is 10.2 Å². The number of benzene rings is 2. The Hall–Kier alpha value is -2.14. The highest BCUT2D eigenvalue weighted by atomic mass is 79.9. The first-order chi connectivity index (χ1) is 13.0. The summed E-state index contributed by atoms with van der Waals surface area (Å²) in [6, 6.07) is 13.5. The minimum atomic E-state index is -0.0525. The van der Waals surface area contributed by atoms with Crippen LogP contribution < -0.4 is 5.32 Å². The Bertz CT molecular complexity index is 825. The van der Waals surface area contributed by atoms with Gasteiger partial charge in [-0.3, -0.25) is 9.59 Å². The Balaban J connectivity index is 1.60. The van der Waals surface area contributed by atoms with Crippen molar-refractivity contribution in [2.45, 2.75) is 33.1 Å². The van der Waals surface area contributed by atoms with Gasteiger partial charge in [-0.05, 0) is 61.6 Å². The fourth-order valence-electron chi connectivity index (χ4n) is 3.55. The molecule has 0 aliphatic carbocycles. The third-order valence-electron chi connectivity index (χ3n) is 5.23. The van der Waals surface area contributed by atoms with Gasteiger partial charge in [0.25, 0.3) is 5.91 Å². The normalized spacial score (nSPS) is 14.9. The van der Waals surface area contributed by atoms with E-state index in [1.165, 1.54) is 0 Å². The predicted molar refractivity (Wildman–Crippen MR) is 112 cm³/mol. The first-order valence-electron chi connectivity index (χ1n) is 9.43. The number of anilines is 1. The van der Waals surface area contributed by atoms with E-state index in [1.54, 1.807) is 0 Å². The number of nitrogens with zero attached hydrogens (tertiary/aromatic N) is 1. The maximum atomic E-state index is 12.8. The van der Waals surface area contributed by atoms with Crippen molar-refractivity contribution in [3.8, 4) is 0 Å². The average molecular weight is 429 g/mol. The van der Waals surface area contributed by atoms with Crippen LogP contribution in [0.3, 0.4) is 0 Å². The largest absolute Gasteiger partial charge is 0.339 e. The first kappa shape index (κ1) is 19.6. The van der Waals surface area contributed by atoms with Crippen molar-refractivity contribution < 1.29 is 9.59 Å². The Morgan fingerprint density at radius 2 is 1.78 bits per heavy atom. The molecule has 0 bridgehead atoms. The number of carbonyl (C=O) groups excluding carboxylic acids is 2. The highest BCUT2D eigenvalue weighted by Crippen LogP contribution is 2.25. The standard InChI is InChI=1S/C22H25BrN2O2/c1-3-16-6-4-5-15(2)20(16)24-21(26)17-11-13-25(14-12-17)22(27)18-7-9-19(23)10-8-18/h4-10,17H,3,11-14H2,1-2H3,(H,24,26). The monoisotopic (exact) mass is 428 g/mol. The molecule has 0 spiro atoms. The van der Waals surface area contributed by atoms with Crippen molar-refractivity contribution in [3.63, 3.8) is 0 Å². The van der Waals surface area contributed by atoms with E-state index in [4.69, 9.17) is 0 Å². The SMILES string of the molecule is CCc1cccc(C)c1NC(=O)C1CCN(C(=O)c2ccc(Br)cc2)CC1. The average Bonchev–Trinajstić information content (AvgIpc) is 2.69. The maximum Gasteiger partial charge on any atom is 0.253 e. The zero-order chi connectivity index (χ0) is 19.4. The third-order valence-corrected chi connectivity index (χ3v) is 5.76. The number of hydrogen-bond acceptors (Lipinski definition) is 2. The molecular formula is C22H25BrN2O2. The second-order valence-corrected chi connectivity index (χ2v) is 7.94. The molecule has 2 aromatic rings. The van der Waals surface area contributed by atoms with Gasteiger partial charge in [-0.25, -0.2) is 0 Å². The van der Waals surface area contributed by atoms with Crippen molar-refractivity contribution in [1.82, 2.24) is 4.90 Å². The van der Waals surface area contributed by atoms with Crippen molar-refractivity contribution in [1.29, 1.82) is 0 Å². The first-order valence-corrected chi connectivity index (χ1v) is 10.2. The summed E-state index contributed by atoms with van der Waals surface area (Å²) >= 11 is 3.39. The van der Waals surface area contributed by atoms with E-state index in [9.17, 15) is 9.59 Å². The van der Waals surface area contributed by atoms with Crippen LogP contribution in [0.2, 0.25) is 0 Å². The minimum absolute atomic E-state index is 0.0357. The number of halogens is 1. The van der Waals surface area contributed by atoms with E-state index in [2.05, 4.69) is 34.2 Å². The van der Waals surface area contributed by atoms with Crippen LogP contribution in [0.1, 0.15) is 41.3 Å². The summed E-state index contributed by atoms with van der Waals surface area (Å²) in [5, 5.41) is 3.13. The molecule has 1 fully saturated rings. The molecule has 5 heteroatoms. The van der Waals surface area contributed by atoms with Crippen molar-refractivity contribution in [2.75, 3.05) is 18.4 Å². The van der Waals surface area contributed by atoms with Crippen LogP contribution in [-0.4, -0.2) is 29.8 Å². The summed E-state index contributed by atoms with van der Waals surface area (Å²) in [6.07, 6.45) is 2.28. The lowest BCUT2D eigenvalue weighted by atomic mass is 9.94. The number of hydrogen-bond donors (Lipinski definition) is 1. The van der Waals surface area contributed by atoms with Gasteiger partial charge in [0.2, 0.25) is 5.91 Å². The number of likely N-dealkylation sites (tertiary alicyclic amines) is 1. The molecule has 0 saturated carbocycles. The molecule has 0 radical (unpaired) electrons.